The second-order valence-corrected chi connectivity index (χ2v) is 10.3. The maximum Gasteiger partial charge on any atom is 0.247 e. The van der Waals surface area contributed by atoms with Crippen molar-refractivity contribution < 1.29 is 13.2 Å². The molecule has 6 nitrogen and oxygen atoms in total. The maximum atomic E-state index is 12.4. The first-order valence-corrected chi connectivity index (χ1v) is 11.9. The van der Waals surface area contributed by atoms with Crippen LogP contribution < -0.4 is 0 Å². The zero-order valence-electron chi connectivity index (χ0n) is 16.3. The van der Waals surface area contributed by atoms with Gasteiger partial charge in [-0.1, -0.05) is 30.0 Å². The van der Waals surface area contributed by atoms with Crippen molar-refractivity contribution in [3.63, 3.8) is 0 Å². The molecule has 1 amide bonds. The SMILES string of the molecule is Cc1nn([C@H]2CCS(=O)(=O)C2)c(C)c1CN(C)C(=O)/C=C/Sc1ccccc1. The molecule has 1 aliphatic rings. The number of hydrogen-bond donors (Lipinski definition) is 0. The first kappa shape index (κ1) is 20.7. The van der Waals surface area contributed by atoms with Gasteiger partial charge >= 0.3 is 0 Å². The Labute approximate surface area is 170 Å². The lowest BCUT2D eigenvalue weighted by Crippen LogP contribution is -2.24. The van der Waals surface area contributed by atoms with Crippen LogP contribution in [0.25, 0.3) is 0 Å². The summed E-state index contributed by atoms with van der Waals surface area (Å²) < 4.78 is 25.4. The highest BCUT2D eigenvalue weighted by atomic mass is 32.2. The van der Waals surface area contributed by atoms with Gasteiger partial charge in [0.25, 0.3) is 0 Å². The zero-order chi connectivity index (χ0) is 20.3. The van der Waals surface area contributed by atoms with Crippen LogP contribution in [0.1, 0.15) is 29.4 Å². The standard InChI is InChI=1S/C20H25N3O3S2/c1-15-19(16(2)23(21-15)17-10-12-28(25,26)14-17)13-22(3)20(24)9-11-27-18-7-5-4-6-8-18/h4-9,11,17H,10,12-14H2,1-3H3/b11-9+/t17-/m0/s1. The number of sulfone groups is 1. The molecule has 28 heavy (non-hydrogen) atoms. The van der Waals surface area contributed by atoms with Crippen molar-refractivity contribution in [2.45, 2.75) is 37.8 Å². The Balaban J connectivity index is 1.65. The van der Waals surface area contributed by atoms with Crippen molar-refractivity contribution in [3.05, 3.63) is 58.8 Å². The van der Waals surface area contributed by atoms with Crippen LogP contribution in [0, 0.1) is 13.8 Å². The number of benzene rings is 1. The van der Waals surface area contributed by atoms with E-state index in [9.17, 15) is 13.2 Å². The van der Waals surface area contributed by atoms with Crippen molar-refractivity contribution in [3.8, 4) is 0 Å². The van der Waals surface area contributed by atoms with Gasteiger partial charge in [-0.25, -0.2) is 8.42 Å². The first-order chi connectivity index (χ1) is 13.3. The third-order valence-corrected chi connectivity index (χ3v) is 7.53. The van der Waals surface area contributed by atoms with E-state index >= 15 is 0 Å². The normalized spacial score (nSPS) is 18.6. The van der Waals surface area contributed by atoms with Crippen LogP contribution in [0.5, 0.6) is 0 Å². The molecule has 3 rings (SSSR count). The fraction of sp³-hybridized carbons (Fsp3) is 0.400. The third kappa shape index (κ3) is 4.86. The molecular formula is C20H25N3O3S2. The quantitative estimate of drug-likeness (QED) is 0.531. The topological polar surface area (TPSA) is 72.3 Å². The Morgan fingerprint density at radius 1 is 1.32 bits per heavy atom. The van der Waals surface area contributed by atoms with Crippen molar-refractivity contribution in [1.29, 1.82) is 0 Å². The summed E-state index contributed by atoms with van der Waals surface area (Å²) >= 11 is 1.50. The average Bonchev–Trinajstić information content (AvgIpc) is 3.15. The number of aryl methyl sites for hydroxylation is 1. The van der Waals surface area contributed by atoms with Crippen LogP contribution in [0.2, 0.25) is 0 Å². The van der Waals surface area contributed by atoms with E-state index in [1.807, 2.05) is 48.9 Å². The molecule has 2 heterocycles. The van der Waals surface area contributed by atoms with Crippen molar-refractivity contribution in [2.24, 2.45) is 0 Å². The summed E-state index contributed by atoms with van der Waals surface area (Å²) in [5.74, 6) is 0.273. The molecule has 1 aliphatic heterocycles. The summed E-state index contributed by atoms with van der Waals surface area (Å²) in [5.41, 5.74) is 2.75. The highest BCUT2D eigenvalue weighted by Gasteiger charge is 2.31. The molecule has 0 bridgehead atoms. The van der Waals surface area contributed by atoms with E-state index in [0.717, 1.165) is 21.8 Å². The maximum absolute atomic E-state index is 12.4. The molecule has 0 spiro atoms. The molecule has 1 aromatic heterocycles. The van der Waals surface area contributed by atoms with Gasteiger partial charge in [0.2, 0.25) is 5.91 Å². The number of carbonyl (C=O) groups excluding carboxylic acids is 1. The van der Waals surface area contributed by atoms with Crippen LogP contribution in [-0.4, -0.2) is 47.6 Å². The lowest BCUT2D eigenvalue weighted by molar-refractivity contribution is -0.125. The Morgan fingerprint density at radius 3 is 2.68 bits per heavy atom. The number of carbonyl (C=O) groups is 1. The van der Waals surface area contributed by atoms with Gasteiger partial charge in [0, 0.05) is 35.8 Å². The van der Waals surface area contributed by atoms with Gasteiger partial charge in [-0.2, -0.15) is 5.10 Å². The molecule has 1 fully saturated rings. The number of nitrogens with zero attached hydrogens (tertiary/aromatic N) is 3. The Hall–Kier alpha value is -2.06. The van der Waals surface area contributed by atoms with Crippen molar-refractivity contribution >= 4 is 27.5 Å². The monoisotopic (exact) mass is 419 g/mol. The minimum Gasteiger partial charge on any atom is -0.338 e. The van der Waals surface area contributed by atoms with E-state index in [4.69, 9.17) is 0 Å². The molecule has 150 valence electrons. The molecule has 0 N–H and O–H groups in total. The molecule has 1 saturated heterocycles. The summed E-state index contributed by atoms with van der Waals surface area (Å²) in [6.45, 7) is 4.29. The second-order valence-electron chi connectivity index (χ2n) is 7.08. The van der Waals surface area contributed by atoms with Gasteiger partial charge in [0.15, 0.2) is 9.84 Å². The number of hydrogen-bond acceptors (Lipinski definition) is 5. The van der Waals surface area contributed by atoms with E-state index in [1.165, 1.54) is 11.8 Å². The first-order valence-electron chi connectivity index (χ1n) is 9.15. The molecule has 1 atom stereocenters. The fourth-order valence-electron chi connectivity index (χ4n) is 3.36. The second kappa shape index (κ2) is 8.53. The van der Waals surface area contributed by atoms with Gasteiger partial charge < -0.3 is 4.90 Å². The molecule has 1 aromatic carbocycles. The molecule has 0 saturated carbocycles. The Kier molecular flexibility index (Phi) is 6.30. The predicted molar refractivity (Wildman–Crippen MR) is 112 cm³/mol. The van der Waals surface area contributed by atoms with E-state index in [0.29, 0.717) is 13.0 Å². The Bertz CT molecular complexity index is 982. The molecular weight excluding hydrogens is 394 g/mol. The predicted octanol–water partition coefficient (Wildman–Crippen LogP) is 3.12. The number of rotatable bonds is 6. The minimum atomic E-state index is -2.97. The molecule has 0 unspecified atom stereocenters. The van der Waals surface area contributed by atoms with Crippen LogP contribution >= 0.6 is 11.8 Å². The molecule has 0 aliphatic carbocycles. The zero-order valence-corrected chi connectivity index (χ0v) is 18.0. The minimum absolute atomic E-state index is 0.0848. The number of thioether (sulfide) groups is 1. The lowest BCUT2D eigenvalue weighted by atomic mass is 10.1. The van der Waals surface area contributed by atoms with Gasteiger partial charge in [0.05, 0.1) is 23.2 Å². The summed E-state index contributed by atoms with van der Waals surface area (Å²) in [4.78, 5) is 15.2. The van der Waals surface area contributed by atoms with Gasteiger partial charge in [-0.15, -0.1) is 0 Å². The number of aromatic nitrogens is 2. The van der Waals surface area contributed by atoms with Crippen LogP contribution in [-0.2, 0) is 21.2 Å². The van der Waals surface area contributed by atoms with E-state index < -0.39 is 9.84 Å². The van der Waals surface area contributed by atoms with Gasteiger partial charge in [-0.3, -0.25) is 9.48 Å². The highest BCUT2D eigenvalue weighted by Crippen LogP contribution is 2.27. The summed E-state index contributed by atoms with van der Waals surface area (Å²) in [7, 11) is -1.21. The van der Waals surface area contributed by atoms with E-state index in [2.05, 4.69) is 5.10 Å². The van der Waals surface area contributed by atoms with Crippen molar-refractivity contribution in [2.75, 3.05) is 18.6 Å². The summed E-state index contributed by atoms with van der Waals surface area (Å²) in [6, 6.07) is 9.76. The largest absolute Gasteiger partial charge is 0.338 e. The van der Waals surface area contributed by atoms with Crippen LogP contribution in [0.4, 0.5) is 0 Å². The number of likely N-dealkylation sites (N-methyl/N-ethyl adjacent to an activating group) is 1. The Morgan fingerprint density at radius 2 is 2.04 bits per heavy atom. The van der Waals surface area contributed by atoms with Crippen LogP contribution in [0.15, 0.2) is 46.7 Å². The average molecular weight is 420 g/mol. The molecule has 0 radical (unpaired) electrons. The fourth-order valence-corrected chi connectivity index (χ4v) is 5.71. The van der Waals surface area contributed by atoms with E-state index in [-0.39, 0.29) is 23.5 Å². The van der Waals surface area contributed by atoms with Crippen LogP contribution in [0.3, 0.4) is 0 Å². The summed E-state index contributed by atoms with van der Waals surface area (Å²) in [5, 5.41) is 6.36. The molecule has 2 aromatic rings. The lowest BCUT2D eigenvalue weighted by Gasteiger charge is -2.16. The highest BCUT2D eigenvalue weighted by molar-refractivity contribution is 8.02. The molecule has 8 heteroatoms. The van der Waals surface area contributed by atoms with Crippen molar-refractivity contribution in [1.82, 2.24) is 14.7 Å². The third-order valence-electron chi connectivity index (χ3n) is 4.96. The van der Waals surface area contributed by atoms with E-state index in [1.54, 1.807) is 23.4 Å². The number of amides is 1. The van der Waals surface area contributed by atoms with Gasteiger partial charge in [-0.05, 0) is 37.8 Å². The summed E-state index contributed by atoms with van der Waals surface area (Å²) in [6.07, 6.45) is 2.16. The smallest absolute Gasteiger partial charge is 0.247 e. The van der Waals surface area contributed by atoms with Gasteiger partial charge in [0.1, 0.15) is 0 Å².